The summed E-state index contributed by atoms with van der Waals surface area (Å²) in [7, 11) is 2.02. The lowest BCUT2D eigenvalue weighted by molar-refractivity contribution is -0.116. The smallest absolute Gasteiger partial charge is 0.225 e. The molecule has 6 nitrogen and oxygen atoms in total. The van der Waals surface area contributed by atoms with Gasteiger partial charge < -0.3 is 5.32 Å². The Labute approximate surface area is 180 Å². The second-order valence-corrected chi connectivity index (χ2v) is 8.52. The molecule has 2 aromatic carbocycles. The number of fused-ring (bicyclic) bond motifs is 1. The zero-order chi connectivity index (χ0) is 21.1. The maximum absolute atomic E-state index is 12.6. The summed E-state index contributed by atoms with van der Waals surface area (Å²) in [6.07, 6.45) is 0.413. The SMILES string of the molecule is Cc1nn(-c2ccccc2)c(C)c1NC(=O)CCN(C)Cc1nc2ccccc2s1. The monoisotopic (exact) mass is 419 g/mol. The predicted molar refractivity (Wildman–Crippen MR) is 122 cm³/mol. The Morgan fingerprint density at radius 2 is 1.83 bits per heavy atom. The number of nitrogens with one attached hydrogen (secondary N) is 1. The molecule has 7 heteroatoms. The zero-order valence-electron chi connectivity index (χ0n) is 17.4. The number of aryl methyl sites for hydroxylation is 1. The van der Waals surface area contributed by atoms with Crippen molar-refractivity contribution in [2.24, 2.45) is 0 Å². The molecule has 0 atom stereocenters. The van der Waals surface area contributed by atoms with Crippen molar-refractivity contribution < 1.29 is 4.79 Å². The van der Waals surface area contributed by atoms with E-state index in [1.807, 2.05) is 74.1 Å². The Hall–Kier alpha value is -3.03. The Balaban J connectivity index is 1.35. The molecule has 0 bridgehead atoms. The summed E-state index contributed by atoms with van der Waals surface area (Å²) < 4.78 is 3.06. The van der Waals surface area contributed by atoms with Crippen molar-refractivity contribution in [3.63, 3.8) is 0 Å². The van der Waals surface area contributed by atoms with Crippen LogP contribution in [0.4, 0.5) is 5.69 Å². The molecule has 1 amide bonds. The lowest BCUT2D eigenvalue weighted by atomic mass is 10.2. The molecule has 30 heavy (non-hydrogen) atoms. The first-order chi connectivity index (χ1) is 14.5. The summed E-state index contributed by atoms with van der Waals surface area (Å²) in [6, 6.07) is 18.1. The third-order valence-corrected chi connectivity index (χ3v) is 6.04. The van der Waals surface area contributed by atoms with E-state index in [0.717, 1.165) is 39.8 Å². The van der Waals surface area contributed by atoms with Crippen molar-refractivity contribution in [2.75, 3.05) is 18.9 Å². The van der Waals surface area contributed by atoms with Gasteiger partial charge in [0.1, 0.15) is 5.01 Å². The highest BCUT2D eigenvalue weighted by Crippen LogP contribution is 2.24. The minimum absolute atomic E-state index is 0.00929. The van der Waals surface area contributed by atoms with Crippen LogP contribution in [0, 0.1) is 13.8 Å². The first-order valence-electron chi connectivity index (χ1n) is 9.96. The summed E-state index contributed by atoms with van der Waals surface area (Å²) in [5.41, 5.74) is 4.54. The molecule has 2 heterocycles. The number of benzene rings is 2. The molecule has 0 aliphatic carbocycles. The average Bonchev–Trinajstić information content (AvgIpc) is 3.28. The molecule has 1 N–H and O–H groups in total. The number of rotatable bonds is 7. The van der Waals surface area contributed by atoms with Crippen molar-refractivity contribution in [1.29, 1.82) is 0 Å². The summed E-state index contributed by atoms with van der Waals surface area (Å²) in [5, 5.41) is 8.70. The number of hydrogen-bond donors (Lipinski definition) is 1. The molecule has 0 unspecified atom stereocenters. The fourth-order valence-corrected chi connectivity index (χ4v) is 4.48. The van der Waals surface area contributed by atoms with E-state index < -0.39 is 0 Å². The normalized spacial score (nSPS) is 11.3. The van der Waals surface area contributed by atoms with Gasteiger partial charge in [-0.05, 0) is 45.2 Å². The second kappa shape index (κ2) is 8.77. The quantitative estimate of drug-likeness (QED) is 0.477. The Morgan fingerprint density at radius 1 is 1.10 bits per heavy atom. The molecule has 0 fully saturated rings. The van der Waals surface area contributed by atoms with Gasteiger partial charge in [-0.1, -0.05) is 30.3 Å². The number of aromatic nitrogens is 3. The lowest BCUT2D eigenvalue weighted by Gasteiger charge is -2.14. The maximum atomic E-state index is 12.6. The third-order valence-electron chi connectivity index (χ3n) is 5.02. The van der Waals surface area contributed by atoms with Crippen LogP contribution in [-0.2, 0) is 11.3 Å². The van der Waals surface area contributed by atoms with Crippen LogP contribution < -0.4 is 5.32 Å². The molecule has 0 saturated carbocycles. The first kappa shape index (κ1) is 20.3. The molecule has 0 saturated heterocycles. The molecular formula is C23H25N5OS. The number of para-hydroxylation sites is 2. The van der Waals surface area contributed by atoms with Gasteiger partial charge in [-0.25, -0.2) is 9.67 Å². The van der Waals surface area contributed by atoms with E-state index in [1.54, 1.807) is 11.3 Å². The van der Waals surface area contributed by atoms with E-state index in [4.69, 9.17) is 0 Å². The molecular weight excluding hydrogens is 394 g/mol. The van der Waals surface area contributed by atoms with E-state index >= 15 is 0 Å². The lowest BCUT2D eigenvalue weighted by Crippen LogP contribution is -2.24. The molecule has 4 rings (SSSR count). The molecule has 0 aliphatic rings. The van der Waals surface area contributed by atoms with Crippen LogP contribution in [0.25, 0.3) is 15.9 Å². The van der Waals surface area contributed by atoms with Gasteiger partial charge in [-0.15, -0.1) is 11.3 Å². The van der Waals surface area contributed by atoms with Crippen molar-refractivity contribution in [3.05, 3.63) is 71.0 Å². The van der Waals surface area contributed by atoms with E-state index in [-0.39, 0.29) is 5.91 Å². The number of thiazole rings is 1. The van der Waals surface area contributed by atoms with Gasteiger partial charge in [0.05, 0.1) is 39.5 Å². The Kier molecular flexibility index (Phi) is 5.92. The van der Waals surface area contributed by atoms with E-state index in [0.29, 0.717) is 13.0 Å². The van der Waals surface area contributed by atoms with Gasteiger partial charge in [0.15, 0.2) is 0 Å². The zero-order valence-corrected chi connectivity index (χ0v) is 18.2. The Morgan fingerprint density at radius 3 is 2.60 bits per heavy atom. The van der Waals surface area contributed by atoms with Crippen molar-refractivity contribution in [3.8, 4) is 5.69 Å². The number of hydrogen-bond acceptors (Lipinski definition) is 5. The van der Waals surface area contributed by atoms with Gasteiger partial charge >= 0.3 is 0 Å². The molecule has 0 aliphatic heterocycles. The summed E-state index contributed by atoms with van der Waals surface area (Å²) in [4.78, 5) is 19.4. The van der Waals surface area contributed by atoms with E-state index in [1.165, 1.54) is 4.70 Å². The summed E-state index contributed by atoms with van der Waals surface area (Å²) in [6.45, 7) is 5.28. The highest BCUT2D eigenvalue weighted by atomic mass is 32.1. The molecule has 0 radical (unpaired) electrons. The van der Waals surface area contributed by atoms with Gasteiger partial charge in [0.2, 0.25) is 5.91 Å². The van der Waals surface area contributed by atoms with Crippen molar-refractivity contribution in [1.82, 2.24) is 19.7 Å². The molecule has 154 valence electrons. The van der Waals surface area contributed by atoms with Crippen LogP contribution >= 0.6 is 11.3 Å². The minimum Gasteiger partial charge on any atom is -0.323 e. The van der Waals surface area contributed by atoms with Gasteiger partial charge in [0, 0.05) is 13.0 Å². The van der Waals surface area contributed by atoms with Crippen LogP contribution in [0.3, 0.4) is 0 Å². The average molecular weight is 420 g/mol. The van der Waals surface area contributed by atoms with Gasteiger partial charge in [0.25, 0.3) is 0 Å². The van der Waals surface area contributed by atoms with Crippen LogP contribution in [0.1, 0.15) is 22.8 Å². The second-order valence-electron chi connectivity index (χ2n) is 7.40. The highest BCUT2D eigenvalue weighted by Gasteiger charge is 2.16. The number of carbonyl (C=O) groups is 1. The van der Waals surface area contributed by atoms with Crippen LogP contribution in [0.15, 0.2) is 54.6 Å². The van der Waals surface area contributed by atoms with E-state index in [9.17, 15) is 4.79 Å². The van der Waals surface area contributed by atoms with Gasteiger partial charge in [-0.2, -0.15) is 5.10 Å². The predicted octanol–water partition coefficient (Wildman–Crippen LogP) is 4.56. The fraction of sp³-hybridized carbons (Fsp3) is 0.261. The molecule has 0 spiro atoms. The Bertz CT molecular complexity index is 1130. The molecule has 2 aromatic heterocycles. The van der Waals surface area contributed by atoms with Crippen molar-refractivity contribution >= 4 is 33.1 Å². The third kappa shape index (κ3) is 4.42. The van der Waals surface area contributed by atoms with Crippen LogP contribution in [0.2, 0.25) is 0 Å². The maximum Gasteiger partial charge on any atom is 0.225 e. The van der Waals surface area contributed by atoms with E-state index in [2.05, 4.69) is 26.4 Å². The number of anilines is 1. The van der Waals surface area contributed by atoms with Crippen LogP contribution in [-0.4, -0.2) is 39.2 Å². The molecule has 4 aromatic rings. The van der Waals surface area contributed by atoms with Gasteiger partial charge in [-0.3, -0.25) is 9.69 Å². The topological polar surface area (TPSA) is 63.1 Å². The fourth-order valence-electron chi connectivity index (χ4n) is 3.44. The van der Waals surface area contributed by atoms with Crippen molar-refractivity contribution in [2.45, 2.75) is 26.8 Å². The first-order valence-corrected chi connectivity index (χ1v) is 10.8. The highest BCUT2D eigenvalue weighted by molar-refractivity contribution is 7.18. The minimum atomic E-state index is -0.00929. The summed E-state index contributed by atoms with van der Waals surface area (Å²) >= 11 is 1.70. The number of carbonyl (C=O) groups excluding carboxylic acids is 1. The summed E-state index contributed by atoms with van der Waals surface area (Å²) in [5.74, 6) is -0.00929. The standard InChI is InChI=1S/C23H25N5OS/c1-16-23(17(2)28(26-16)18-9-5-4-6-10-18)25-21(29)13-14-27(3)15-22-24-19-11-7-8-12-20(19)30-22/h4-12H,13-15H2,1-3H3,(H,25,29). The largest absolute Gasteiger partial charge is 0.323 e. The number of nitrogens with zero attached hydrogens (tertiary/aromatic N) is 4. The number of amides is 1. The van der Waals surface area contributed by atoms with Crippen LogP contribution in [0.5, 0.6) is 0 Å².